The Morgan fingerprint density at radius 3 is 2.69 bits per heavy atom. The molecule has 0 atom stereocenters. The van der Waals surface area contributed by atoms with Crippen LogP contribution in [0.4, 0.5) is 0 Å². The molecule has 128 valence electrons. The van der Waals surface area contributed by atoms with Crippen LogP contribution in [0.3, 0.4) is 0 Å². The standard InChI is InChI=1S/C17H12ClN7S/c1-24-8-6-13(22-24)15-21-16(14-10(18)7-9-26-14)25(23-15)17-19-11-4-2-3-5-12(11)20-17/h2-9H,1H3,(H,19,20). The highest BCUT2D eigenvalue weighted by Crippen LogP contribution is 2.34. The van der Waals surface area contributed by atoms with Crippen LogP contribution in [0.5, 0.6) is 0 Å². The molecule has 1 aromatic carbocycles. The maximum absolute atomic E-state index is 6.35. The minimum absolute atomic E-state index is 0.519. The summed E-state index contributed by atoms with van der Waals surface area (Å²) in [4.78, 5) is 13.4. The summed E-state index contributed by atoms with van der Waals surface area (Å²) < 4.78 is 3.40. The zero-order chi connectivity index (χ0) is 17.7. The van der Waals surface area contributed by atoms with E-state index < -0.39 is 0 Å². The number of H-pyrrole nitrogens is 1. The van der Waals surface area contributed by atoms with Crippen LogP contribution in [0, 0.1) is 0 Å². The third-order valence-electron chi connectivity index (χ3n) is 3.95. The van der Waals surface area contributed by atoms with Crippen molar-refractivity contribution in [3.63, 3.8) is 0 Å². The number of hydrogen-bond acceptors (Lipinski definition) is 5. The number of aryl methyl sites for hydroxylation is 1. The van der Waals surface area contributed by atoms with Gasteiger partial charge < -0.3 is 4.98 Å². The highest BCUT2D eigenvalue weighted by Gasteiger charge is 2.21. The number of rotatable bonds is 3. The Bertz CT molecular complexity index is 1200. The van der Waals surface area contributed by atoms with Gasteiger partial charge in [0, 0.05) is 13.2 Å². The molecule has 9 heteroatoms. The Morgan fingerprint density at radius 2 is 1.96 bits per heavy atom. The first-order chi connectivity index (χ1) is 12.7. The maximum atomic E-state index is 6.35. The molecule has 5 aromatic rings. The second kappa shape index (κ2) is 5.79. The number of fused-ring (bicyclic) bond motifs is 1. The predicted octanol–water partition coefficient (Wildman–Crippen LogP) is 3.93. The fraction of sp³-hybridized carbons (Fsp3) is 0.0588. The molecule has 0 amide bonds. The van der Waals surface area contributed by atoms with Gasteiger partial charge in [0.05, 0.1) is 20.9 Å². The number of aromatic nitrogens is 7. The van der Waals surface area contributed by atoms with Gasteiger partial charge in [-0.15, -0.1) is 16.4 Å². The molecule has 0 radical (unpaired) electrons. The third kappa shape index (κ3) is 2.42. The van der Waals surface area contributed by atoms with E-state index in [0.717, 1.165) is 15.9 Å². The average molecular weight is 382 g/mol. The minimum Gasteiger partial charge on any atom is -0.322 e. The number of benzene rings is 1. The van der Waals surface area contributed by atoms with Gasteiger partial charge in [0.1, 0.15) is 5.69 Å². The molecular weight excluding hydrogens is 370 g/mol. The third-order valence-corrected chi connectivity index (χ3v) is 5.29. The summed E-state index contributed by atoms with van der Waals surface area (Å²) in [6.07, 6.45) is 1.86. The van der Waals surface area contributed by atoms with Crippen LogP contribution in [0.2, 0.25) is 5.02 Å². The quantitative estimate of drug-likeness (QED) is 0.513. The summed E-state index contributed by atoms with van der Waals surface area (Å²) in [5, 5.41) is 11.6. The van der Waals surface area contributed by atoms with Crippen molar-refractivity contribution in [2.24, 2.45) is 7.05 Å². The van der Waals surface area contributed by atoms with Crippen LogP contribution < -0.4 is 0 Å². The Morgan fingerprint density at radius 1 is 1.08 bits per heavy atom. The normalized spacial score (nSPS) is 11.5. The van der Waals surface area contributed by atoms with E-state index in [1.54, 1.807) is 9.36 Å². The number of nitrogens with zero attached hydrogens (tertiary/aromatic N) is 6. The molecule has 4 aromatic heterocycles. The van der Waals surface area contributed by atoms with Crippen molar-refractivity contribution in [3.8, 4) is 28.2 Å². The molecule has 26 heavy (non-hydrogen) atoms. The van der Waals surface area contributed by atoms with Crippen molar-refractivity contribution in [1.29, 1.82) is 0 Å². The molecule has 4 heterocycles. The van der Waals surface area contributed by atoms with E-state index in [9.17, 15) is 0 Å². The van der Waals surface area contributed by atoms with Crippen LogP contribution in [0.15, 0.2) is 48.0 Å². The van der Waals surface area contributed by atoms with Crippen LogP contribution in [-0.2, 0) is 7.05 Å². The van der Waals surface area contributed by atoms with Crippen LogP contribution >= 0.6 is 22.9 Å². The molecule has 0 unspecified atom stereocenters. The van der Waals surface area contributed by atoms with E-state index in [4.69, 9.17) is 11.6 Å². The number of aromatic amines is 1. The smallest absolute Gasteiger partial charge is 0.231 e. The lowest BCUT2D eigenvalue weighted by molar-refractivity contribution is 0.767. The highest BCUT2D eigenvalue weighted by atomic mass is 35.5. The van der Waals surface area contributed by atoms with Crippen molar-refractivity contribution in [3.05, 3.63) is 53.0 Å². The van der Waals surface area contributed by atoms with Crippen molar-refractivity contribution in [1.82, 2.24) is 34.5 Å². The van der Waals surface area contributed by atoms with Crippen molar-refractivity contribution in [2.45, 2.75) is 0 Å². The number of thiophene rings is 1. The van der Waals surface area contributed by atoms with E-state index in [-0.39, 0.29) is 0 Å². The van der Waals surface area contributed by atoms with Crippen molar-refractivity contribution in [2.75, 3.05) is 0 Å². The molecule has 0 bridgehead atoms. The highest BCUT2D eigenvalue weighted by molar-refractivity contribution is 7.14. The molecule has 0 fully saturated rings. The number of hydrogen-bond donors (Lipinski definition) is 1. The first-order valence-electron chi connectivity index (χ1n) is 7.84. The first kappa shape index (κ1) is 15.3. The van der Waals surface area contributed by atoms with Crippen molar-refractivity contribution >= 4 is 34.0 Å². The van der Waals surface area contributed by atoms with Gasteiger partial charge in [0.2, 0.25) is 11.8 Å². The predicted molar refractivity (Wildman–Crippen MR) is 102 cm³/mol. The Labute approximate surface area is 156 Å². The summed E-state index contributed by atoms with van der Waals surface area (Å²) in [5.41, 5.74) is 2.48. The van der Waals surface area contributed by atoms with Gasteiger partial charge in [0.15, 0.2) is 5.82 Å². The topological polar surface area (TPSA) is 77.2 Å². The molecule has 0 aliphatic rings. The summed E-state index contributed by atoms with van der Waals surface area (Å²) in [6.45, 7) is 0. The van der Waals surface area contributed by atoms with Crippen LogP contribution in [0.1, 0.15) is 0 Å². The van der Waals surface area contributed by atoms with Gasteiger partial charge in [0.25, 0.3) is 0 Å². The zero-order valence-electron chi connectivity index (χ0n) is 13.6. The molecule has 0 saturated carbocycles. The van der Waals surface area contributed by atoms with E-state index in [1.165, 1.54) is 11.3 Å². The van der Waals surface area contributed by atoms with Gasteiger partial charge in [-0.3, -0.25) is 4.68 Å². The van der Waals surface area contributed by atoms with Gasteiger partial charge in [-0.2, -0.15) is 9.78 Å². The SMILES string of the molecule is Cn1ccc(-c2nc(-c3sccc3Cl)n(-c3nc4ccccc4[nH]3)n2)n1. The van der Waals surface area contributed by atoms with Gasteiger partial charge in [-0.25, -0.2) is 9.97 Å². The minimum atomic E-state index is 0.519. The summed E-state index contributed by atoms with van der Waals surface area (Å²) in [5.74, 6) is 1.73. The summed E-state index contributed by atoms with van der Waals surface area (Å²) in [7, 11) is 1.86. The van der Waals surface area contributed by atoms with Gasteiger partial charge >= 0.3 is 0 Å². The zero-order valence-corrected chi connectivity index (χ0v) is 15.2. The second-order valence-corrected chi connectivity index (χ2v) is 7.04. The van der Waals surface area contributed by atoms with Crippen LogP contribution in [0.25, 0.3) is 39.2 Å². The Balaban J connectivity index is 1.74. The summed E-state index contributed by atoms with van der Waals surface area (Å²) >= 11 is 7.86. The molecule has 7 nitrogen and oxygen atoms in total. The average Bonchev–Trinajstić information content (AvgIpc) is 3.38. The molecule has 0 aliphatic carbocycles. The van der Waals surface area contributed by atoms with E-state index in [1.807, 2.05) is 55.0 Å². The summed E-state index contributed by atoms with van der Waals surface area (Å²) in [6, 6.07) is 11.5. The molecule has 0 saturated heterocycles. The first-order valence-corrected chi connectivity index (χ1v) is 9.10. The maximum Gasteiger partial charge on any atom is 0.231 e. The van der Waals surface area contributed by atoms with E-state index >= 15 is 0 Å². The second-order valence-electron chi connectivity index (χ2n) is 5.72. The lowest BCUT2D eigenvalue weighted by Gasteiger charge is -2.00. The molecule has 0 aliphatic heterocycles. The van der Waals surface area contributed by atoms with E-state index in [2.05, 4.69) is 25.1 Å². The number of nitrogens with one attached hydrogen (secondary N) is 1. The lowest BCUT2D eigenvalue weighted by atomic mass is 10.3. The molecule has 5 rings (SSSR count). The number of halogens is 1. The monoisotopic (exact) mass is 381 g/mol. The molecule has 1 N–H and O–H groups in total. The van der Waals surface area contributed by atoms with Gasteiger partial charge in [-0.1, -0.05) is 23.7 Å². The van der Waals surface area contributed by atoms with Crippen molar-refractivity contribution < 1.29 is 0 Å². The van der Waals surface area contributed by atoms with Crippen LogP contribution in [-0.4, -0.2) is 34.5 Å². The Hall–Kier alpha value is -2.97. The van der Waals surface area contributed by atoms with Gasteiger partial charge in [-0.05, 0) is 29.6 Å². The number of imidazole rings is 1. The van der Waals surface area contributed by atoms with E-state index in [0.29, 0.717) is 28.3 Å². The molecular formula is C17H12ClN7S. The largest absolute Gasteiger partial charge is 0.322 e. The Kier molecular flexibility index (Phi) is 3.41. The lowest BCUT2D eigenvalue weighted by Crippen LogP contribution is -2.01. The fourth-order valence-electron chi connectivity index (χ4n) is 2.74. The number of para-hydroxylation sites is 2. The molecule has 0 spiro atoms. The fourth-order valence-corrected chi connectivity index (χ4v) is 3.86.